The SMILES string of the molecule is CCN(Cc1cccs1)c1c(C#N)c(=O)n(C)c(=O)n1C. The Morgan fingerprint density at radius 3 is 2.57 bits per heavy atom. The van der Waals surface area contributed by atoms with Crippen LogP contribution in [0.4, 0.5) is 5.82 Å². The van der Waals surface area contributed by atoms with Crippen LogP contribution in [-0.2, 0) is 20.6 Å². The normalized spacial score (nSPS) is 10.4. The number of nitrogens with zero attached hydrogens (tertiary/aromatic N) is 4. The van der Waals surface area contributed by atoms with Gasteiger partial charge in [0.05, 0.1) is 6.54 Å². The van der Waals surface area contributed by atoms with Gasteiger partial charge in [-0.15, -0.1) is 11.3 Å². The van der Waals surface area contributed by atoms with E-state index in [9.17, 15) is 14.9 Å². The lowest BCUT2D eigenvalue weighted by Gasteiger charge is -2.25. The Bertz CT molecular complexity index is 796. The predicted molar refractivity (Wildman–Crippen MR) is 82.7 cm³/mol. The van der Waals surface area contributed by atoms with Crippen molar-refractivity contribution in [2.45, 2.75) is 13.5 Å². The van der Waals surface area contributed by atoms with E-state index in [4.69, 9.17) is 0 Å². The second-order valence-electron chi connectivity index (χ2n) is 4.61. The van der Waals surface area contributed by atoms with Crippen molar-refractivity contribution in [1.82, 2.24) is 9.13 Å². The minimum absolute atomic E-state index is 0.00185. The van der Waals surface area contributed by atoms with E-state index in [2.05, 4.69) is 0 Å². The molecule has 0 amide bonds. The molecule has 2 rings (SSSR count). The molecule has 0 N–H and O–H groups in total. The van der Waals surface area contributed by atoms with Gasteiger partial charge in [-0.05, 0) is 18.4 Å². The summed E-state index contributed by atoms with van der Waals surface area (Å²) in [6.45, 7) is 3.08. The van der Waals surface area contributed by atoms with Crippen LogP contribution in [0.15, 0.2) is 27.1 Å². The first kappa shape index (κ1) is 15.1. The van der Waals surface area contributed by atoms with Crippen molar-refractivity contribution in [1.29, 1.82) is 5.26 Å². The minimum Gasteiger partial charge on any atom is -0.352 e. The van der Waals surface area contributed by atoms with Crippen molar-refractivity contribution in [3.8, 4) is 6.07 Å². The maximum Gasteiger partial charge on any atom is 0.332 e. The second-order valence-corrected chi connectivity index (χ2v) is 5.64. The van der Waals surface area contributed by atoms with Gasteiger partial charge in [0.25, 0.3) is 5.56 Å². The van der Waals surface area contributed by atoms with Crippen molar-refractivity contribution in [3.63, 3.8) is 0 Å². The maximum absolute atomic E-state index is 12.1. The Labute approximate surface area is 126 Å². The highest BCUT2D eigenvalue weighted by Crippen LogP contribution is 2.19. The van der Waals surface area contributed by atoms with Gasteiger partial charge in [0.15, 0.2) is 5.56 Å². The highest BCUT2D eigenvalue weighted by atomic mass is 32.1. The number of hydrogen-bond donors (Lipinski definition) is 0. The Hall–Kier alpha value is -2.33. The molecule has 2 aromatic rings. The first-order valence-corrected chi connectivity index (χ1v) is 7.36. The van der Waals surface area contributed by atoms with Crippen molar-refractivity contribution in [2.75, 3.05) is 11.4 Å². The summed E-state index contributed by atoms with van der Waals surface area (Å²) in [4.78, 5) is 27.2. The molecular weight excluding hydrogens is 288 g/mol. The third kappa shape index (κ3) is 2.62. The molecule has 0 radical (unpaired) electrons. The Kier molecular flexibility index (Phi) is 4.29. The summed E-state index contributed by atoms with van der Waals surface area (Å²) in [6, 6.07) is 5.87. The maximum atomic E-state index is 12.1. The van der Waals surface area contributed by atoms with Crippen LogP contribution in [-0.4, -0.2) is 15.7 Å². The van der Waals surface area contributed by atoms with E-state index in [1.165, 1.54) is 11.6 Å². The molecule has 0 aromatic carbocycles. The van der Waals surface area contributed by atoms with Crippen LogP contribution in [0.25, 0.3) is 0 Å². The van der Waals surface area contributed by atoms with Crippen LogP contribution in [0, 0.1) is 11.3 Å². The molecule has 0 unspecified atom stereocenters. The average Bonchev–Trinajstić information content (AvgIpc) is 2.99. The Balaban J connectivity index is 2.64. The van der Waals surface area contributed by atoms with E-state index in [1.807, 2.05) is 35.4 Å². The topological polar surface area (TPSA) is 71.0 Å². The quantitative estimate of drug-likeness (QED) is 0.846. The van der Waals surface area contributed by atoms with Crippen LogP contribution in [0.5, 0.6) is 0 Å². The fourth-order valence-corrected chi connectivity index (χ4v) is 2.95. The molecule has 6 nitrogen and oxygen atoms in total. The van der Waals surface area contributed by atoms with E-state index >= 15 is 0 Å². The molecule has 7 heteroatoms. The first-order chi connectivity index (χ1) is 10.0. The molecule has 0 fully saturated rings. The summed E-state index contributed by atoms with van der Waals surface area (Å²) in [5, 5.41) is 11.3. The molecular formula is C14H16N4O2S. The number of nitriles is 1. The summed E-state index contributed by atoms with van der Waals surface area (Å²) in [5.41, 5.74) is -0.989. The van der Waals surface area contributed by atoms with Gasteiger partial charge in [-0.3, -0.25) is 13.9 Å². The van der Waals surface area contributed by atoms with Crippen molar-refractivity contribution in [3.05, 3.63) is 48.8 Å². The summed E-state index contributed by atoms with van der Waals surface area (Å²) in [7, 11) is 2.96. The molecule has 0 saturated carbocycles. The van der Waals surface area contributed by atoms with Gasteiger partial charge in [0.1, 0.15) is 11.9 Å². The Morgan fingerprint density at radius 1 is 1.33 bits per heavy atom. The van der Waals surface area contributed by atoms with Gasteiger partial charge in [-0.25, -0.2) is 4.79 Å². The van der Waals surface area contributed by atoms with Gasteiger partial charge in [-0.2, -0.15) is 5.26 Å². The standard InChI is InChI=1S/C14H16N4O2S/c1-4-18(9-10-6-5-7-21-10)12-11(8-15)13(19)17(3)14(20)16(12)2/h5-7H,4,9H2,1-3H3. The molecule has 0 atom stereocenters. The van der Waals surface area contributed by atoms with Gasteiger partial charge in [0, 0.05) is 25.5 Å². The zero-order valence-corrected chi connectivity index (χ0v) is 13.0. The third-order valence-corrected chi connectivity index (χ3v) is 4.21. The summed E-state index contributed by atoms with van der Waals surface area (Å²) in [5.74, 6) is 0.376. The summed E-state index contributed by atoms with van der Waals surface area (Å²) < 4.78 is 2.32. The van der Waals surface area contributed by atoms with E-state index in [1.54, 1.807) is 18.4 Å². The molecule has 0 spiro atoms. The van der Waals surface area contributed by atoms with Crippen LogP contribution in [0.3, 0.4) is 0 Å². The molecule has 0 aliphatic carbocycles. The lowest BCUT2D eigenvalue weighted by molar-refractivity contribution is 0.657. The number of hydrogen-bond acceptors (Lipinski definition) is 5. The van der Waals surface area contributed by atoms with Gasteiger partial charge in [-0.1, -0.05) is 6.07 Å². The molecule has 0 aliphatic heterocycles. The second kappa shape index (κ2) is 5.97. The lowest BCUT2D eigenvalue weighted by Crippen LogP contribution is -2.42. The van der Waals surface area contributed by atoms with E-state index in [0.29, 0.717) is 18.9 Å². The predicted octanol–water partition coefficient (Wildman–Crippen LogP) is 1.04. The van der Waals surface area contributed by atoms with Crippen LogP contribution in [0.1, 0.15) is 17.4 Å². The largest absolute Gasteiger partial charge is 0.352 e. The van der Waals surface area contributed by atoms with Crippen molar-refractivity contribution in [2.24, 2.45) is 14.1 Å². The molecule has 0 aliphatic rings. The third-order valence-electron chi connectivity index (χ3n) is 3.35. The molecule has 0 saturated heterocycles. The zero-order valence-electron chi connectivity index (χ0n) is 12.2. The van der Waals surface area contributed by atoms with E-state index < -0.39 is 11.2 Å². The molecule has 21 heavy (non-hydrogen) atoms. The number of thiophene rings is 1. The van der Waals surface area contributed by atoms with Crippen LogP contribution in [0.2, 0.25) is 0 Å². The number of anilines is 1. The average molecular weight is 304 g/mol. The smallest absolute Gasteiger partial charge is 0.332 e. The van der Waals surface area contributed by atoms with E-state index in [-0.39, 0.29) is 5.56 Å². The highest BCUT2D eigenvalue weighted by Gasteiger charge is 2.20. The van der Waals surface area contributed by atoms with Crippen LogP contribution >= 0.6 is 11.3 Å². The number of rotatable bonds is 4. The van der Waals surface area contributed by atoms with Gasteiger partial charge < -0.3 is 4.90 Å². The van der Waals surface area contributed by atoms with E-state index in [0.717, 1.165) is 9.44 Å². The fourth-order valence-electron chi connectivity index (χ4n) is 2.23. The molecule has 0 bridgehead atoms. The summed E-state index contributed by atoms with van der Waals surface area (Å²) >= 11 is 1.60. The highest BCUT2D eigenvalue weighted by molar-refractivity contribution is 7.09. The number of aromatic nitrogens is 2. The lowest BCUT2D eigenvalue weighted by atomic mass is 10.2. The molecule has 2 aromatic heterocycles. The Morgan fingerprint density at radius 2 is 2.05 bits per heavy atom. The van der Waals surface area contributed by atoms with Crippen molar-refractivity contribution >= 4 is 17.2 Å². The fraction of sp³-hybridized carbons (Fsp3) is 0.357. The zero-order chi connectivity index (χ0) is 15.6. The monoisotopic (exact) mass is 304 g/mol. The van der Waals surface area contributed by atoms with Crippen molar-refractivity contribution < 1.29 is 0 Å². The first-order valence-electron chi connectivity index (χ1n) is 6.48. The minimum atomic E-state index is -0.555. The summed E-state index contributed by atoms with van der Waals surface area (Å²) in [6.07, 6.45) is 0. The molecule has 110 valence electrons. The molecule has 2 heterocycles. The van der Waals surface area contributed by atoms with Gasteiger partial charge in [0.2, 0.25) is 0 Å². The van der Waals surface area contributed by atoms with Gasteiger partial charge >= 0.3 is 5.69 Å². The van der Waals surface area contributed by atoms with Crippen LogP contribution < -0.4 is 16.1 Å².